The third-order valence-corrected chi connectivity index (χ3v) is 4.33. The summed E-state index contributed by atoms with van der Waals surface area (Å²) in [5, 5.41) is 0. The van der Waals surface area contributed by atoms with Crippen LogP contribution in [-0.4, -0.2) is 29.2 Å². The van der Waals surface area contributed by atoms with E-state index < -0.39 is 6.23 Å². The van der Waals surface area contributed by atoms with Gasteiger partial charge in [-0.3, -0.25) is 9.59 Å². The van der Waals surface area contributed by atoms with E-state index in [-0.39, 0.29) is 30.3 Å². The van der Waals surface area contributed by atoms with Crippen LogP contribution >= 0.6 is 15.9 Å². The minimum atomic E-state index is -0.478. The van der Waals surface area contributed by atoms with E-state index in [2.05, 4.69) is 15.9 Å². The van der Waals surface area contributed by atoms with Crippen LogP contribution < -0.4 is 0 Å². The van der Waals surface area contributed by atoms with Crippen LogP contribution in [0.25, 0.3) is 0 Å². The van der Waals surface area contributed by atoms with Crippen molar-refractivity contribution < 1.29 is 14.3 Å². The minimum Gasteiger partial charge on any atom is -0.441 e. The van der Waals surface area contributed by atoms with Crippen molar-refractivity contribution in [3.63, 3.8) is 0 Å². The molecule has 120 valence electrons. The van der Waals surface area contributed by atoms with Crippen LogP contribution in [0.3, 0.4) is 0 Å². The van der Waals surface area contributed by atoms with Crippen molar-refractivity contribution in [3.05, 3.63) is 34.3 Å². The van der Waals surface area contributed by atoms with Crippen LogP contribution in [-0.2, 0) is 14.3 Å². The second-order valence-electron chi connectivity index (χ2n) is 5.99. The van der Waals surface area contributed by atoms with E-state index >= 15 is 0 Å². The van der Waals surface area contributed by atoms with Gasteiger partial charge in [-0.05, 0) is 24.5 Å². The van der Waals surface area contributed by atoms with Crippen LogP contribution in [0.15, 0.2) is 28.7 Å². The maximum Gasteiger partial charge on any atom is 0.325 e. The molecule has 0 N–H and O–H groups in total. The molecule has 1 aliphatic heterocycles. The number of esters is 1. The number of carbonyl (C=O) groups is 2. The molecule has 0 saturated carbocycles. The largest absolute Gasteiger partial charge is 0.441 e. The lowest BCUT2D eigenvalue weighted by molar-refractivity contribution is -0.143. The molecule has 1 aromatic rings. The van der Waals surface area contributed by atoms with Gasteiger partial charge in [0.1, 0.15) is 11.8 Å². The lowest BCUT2D eigenvalue weighted by atomic mass is 10.0. The van der Waals surface area contributed by atoms with Gasteiger partial charge in [0.25, 0.3) is 0 Å². The summed E-state index contributed by atoms with van der Waals surface area (Å²) in [6.45, 7) is 6.19. The Morgan fingerprint density at radius 2 is 1.95 bits per heavy atom. The normalized spacial score (nSPS) is 22.1. The van der Waals surface area contributed by atoms with Crippen LogP contribution in [0.4, 0.5) is 0 Å². The molecule has 2 unspecified atom stereocenters. The van der Waals surface area contributed by atoms with E-state index in [0.717, 1.165) is 16.5 Å². The fraction of sp³-hybridized carbons (Fsp3) is 0.529. The molecule has 1 aliphatic rings. The lowest BCUT2D eigenvalue weighted by Crippen LogP contribution is -2.41. The number of carbonyl (C=O) groups excluding carboxylic acids is 2. The molecular weight excluding hydrogens is 346 g/mol. The Bertz CT molecular complexity index is 541. The predicted molar refractivity (Wildman–Crippen MR) is 88.2 cm³/mol. The Hall–Kier alpha value is -1.20. The Morgan fingerprint density at radius 1 is 1.32 bits per heavy atom. The maximum atomic E-state index is 12.2. The van der Waals surface area contributed by atoms with E-state index in [1.807, 2.05) is 49.9 Å². The van der Waals surface area contributed by atoms with Crippen LogP contribution in [0.2, 0.25) is 0 Å². The minimum absolute atomic E-state index is 0.0994. The molecule has 1 aromatic carbocycles. The SMILES string of the molecule is CCCC(=O)CN1C(c2ccc(Br)cc2)OC(=O)C1C(C)C. The second-order valence-corrected chi connectivity index (χ2v) is 6.91. The molecule has 22 heavy (non-hydrogen) atoms. The number of Topliss-reactive ketones (excluding diaryl/α,β-unsaturated/α-hetero) is 1. The van der Waals surface area contributed by atoms with Crippen LogP contribution in [0.1, 0.15) is 45.4 Å². The molecule has 1 fully saturated rings. The number of cyclic esters (lactones) is 1. The van der Waals surface area contributed by atoms with Crippen molar-refractivity contribution >= 4 is 27.7 Å². The van der Waals surface area contributed by atoms with Crippen molar-refractivity contribution in [1.29, 1.82) is 0 Å². The zero-order chi connectivity index (χ0) is 16.3. The summed E-state index contributed by atoms with van der Waals surface area (Å²) >= 11 is 3.40. The number of ether oxygens (including phenoxy) is 1. The number of halogens is 1. The van der Waals surface area contributed by atoms with E-state index in [1.165, 1.54) is 0 Å². The molecule has 0 amide bonds. The Balaban J connectivity index is 2.28. The monoisotopic (exact) mass is 367 g/mol. The molecule has 5 heteroatoms. The van der Waals surface area contributed by atoms with E-state index in [1.54, 1.807) is 0 Å². The summed E-state index contributed by atoms with van der Waals surface area (Å²) < 4.78 is 6.54. The third kappa shape index (κ3) is 3.76. The standard InChI is InChI=1S/C17H22BrNO3/c1-4-5-14(20)10-19-15(11(2)3)17(21)22-16(19)12-6-8-13(18)9-7-12/h6-9,11,15-16H,4-5,10H2,1-3H3. The van der Waals surface area contributed by atoms with Gasteiger partial charge in [-0.2, -0.15) is 0 Å². The summed E-state index contributed by atoms with van der Waals surface area (Å²) in [5.74, 6) is 0.00292. The van der Waals surface area contributed by atoms with E-state index in [0.29, 0.717) is 6.42 Å². The van der Waals surface area contributed by atoms with Crippen molar-refractivity contribution in [1.82, 2.24) is 4.90 Å². The summed E-state index contributed by atoms with van der Waals surface area (Å²) in [6.07, 6.45) is 0.869. The highest BCUT2D eigenvalue weighted by Crippen LogP contribution is 2.34. The van der Waals surface area contributed by atoms with Gasteiger partial charge in [0.05, 0.1) is 6.54 Å². The topological polar surface area (TPSA) is 46.6 Å². The van der Waals surface area contributed by atoms with Gasteiger partial charge in [-0.15, -0.1) is 0 Å². The first-order chi connectivity index (χ1) is 10.4. The summed E-state index contributed by atoms with van der Waals surface area (Å²) in [4.78, 5) is 26.2. The van der Waals surface area contributed by atoms with Gasteiger partial charge in [-0.25, -0.2) is 4.90 Å². The number of rotatable bonds is 6. The quantitative estimate of drug-likeness (QED) is 0.719. The highest BCUT2D eigenvalue weighted by Gasteiger charge is 2.44. The number of ketones is 1. The molecule has 1 saturated heterocycles. The first-order valence-corrected chi connectivity index (χ1v) is 8.46. The molecule has 0 radical (unpaired) electrons. The van der Waals surface area contributed by atoms with E-state index in [9.17, 15) is 9.59 Å². The highest BCUT2D eigenvalue weighted by molar-refractivity contribution is 9.10. The third-order valence-electron chi connectivity index (χ3n) is 3.80. The lowest BCUT2D eigenvalue weighted by Gasteiger charge is -2.27. The summed E-state index contributed by atoms with van der Waals surface area (Å²) in [6, 6.07) is 7.30. The highest BCUT2D eigenvalue weighted by atomic mass is 79.9. The molecule has 0 bridgehead atoms. The molecule has 0 aromatic heterocycles. The van der Waals surface area contributed by atoms with Gasteiger partial charge < -0.3 is 4.74 Å². The fourth-order valence-electron chi connectivity index (χ4n) is 2.81. The zero-order valence-corrected chi connectivity index (χ0v) is 14.8. The molecular formula is C17H22BrNO3. The van der Waals surface area contributed by atoms with E-state index in [4.69, 9.17) is 4.74 Å². The number of hydrogen-bond acceptors (Lipinski definition) is 4. The van der Waals surface area contributed by atoms with Crippen molar-refractivity contribution in [3.8, 4) is 0 Å². The van der Waals surface area contributed by atoms with Gasteiger partial charge in [0, 0.05) is 16.5 Å². The van der Waals surface area contributed by atoms with Crippen LogP contribution in [0.5, 0.6) is 0 Å². The number of benzene rings is 1. The molecule has 2 atom stereocenters. The van der Waals surface area contributed by atoms with Crippen LogP contribution in [0, 0.1) is 5.92 Å². The zero-order valence-electron chi connectivity index (χ0n) is 13.2. The van der Waals surface area contributed by atoms with Gasteiger partial charge in [0.15, 0.2) is 6.23 Å². The van der Waals surface area contributed by atoms with Crippen molar-refractivity contribution in [2.75, 3.05) is 6.54 Å². The average Bonchev–Trinajstić information content (AvgIpc) is 2.76. The summed E-state index contributed by atoms with van der Waals surface area (Å²) in [5.41, 5.74) is 0.893. The molecule has 2 rings (SSSR count). The second kappa shape index (κ2) is 7.38. The average molecular weight is 368 g/mol. The summed E-state index contributed by atoms with van der Waals surface area (Å²) in [7, 11) is 0. The predicted octanol–water partition coefficient (Wildman–Crippen LogP) is 3.70. The first-order valence-electron chi connectivity index (χ1n) is 7.67. The maximum absolute atomic E-state index is 12.2. The molecule has 0 aliphatic carbocycles. The smallest absolute Gasteiger partial charge is 0.325 e. The Labute approximate surface area is 140 Å². The number of nitrogens with zero attached hydrogens (tertiary/aromatic N) is 1. The molecule has 1 heterocycles. The molecule has 4 nitrogen and oxygen atoms in total. The number of hydrogen-bond donors (Lipinski definition) is 0. The van der Waals surface area contributed by atoms with Gasteiger partial charge in [-0.1, -0.05) is 48.8 Å². The fourth-order valence-corrected chi connectivity index (χ4v) is 3.08. The first kappa shape index (κ1) is 17.2. The Kier molecular flexibility index (Phi) is 5.75. The van der Waals surface area contributed by atoms with Crippen molar-refractivity contribution in [2.24, 2.45) is 5.92 Å². The van der Waals surface area contributed by atoms with Gasteiger partial charge in [0.2, 0.25) is 0 Å². The molecule has 0 spiro atoms. The van der Waals surface area contributed by atoms with Crippen molar-refractivity contribution in [2.45, 2.75) is 45.9 Å². The van der Waals surface area contributed by atoms with Gasteiger partial charge >= 0.3 is 5.97 Å². The Morgan fingerprint density at radius 3 is 2.50 bits per heavy atom.